The number of benzene rings is 1. The summed E-state index contributed by atoms with van der Waals surface area (Å²) in [6.45, 7) is -1.30. The highest BCUT2D eigenvalue weighted by molar-refractivity contribution is 6.30. The van der Waals surface area contributed by atoms with Crippen LogP contribution >= 0.6 is 11.6 Å². The monoisotopic (exact) mass is 319 g/mol. The molecule has 0 saturated heterocycles. The highest BCUT2D eigenvalue weighted by atomic mass is 35.5. The molecule has 1 aromatic rings. The van der Waals surface area contributed by atoms with E-state index < -0.39 is 24.0 Å². The number of alkyl halides is 3. The first-order chi connectivity index (χ1) is 9.83. The minimum Gasteiger partial charge on any atom is -0.346 e. The van der Waals surface area contributed by atoms with E-state index in [0.717, 1.165) is 19.3 Å². The molecule has 0 heterocycles. The molecule has 1 fully saturated rings. The zero-order chi connectivity index (χ0) is 15.5. The lowest BCUT2D eigenvalue weighted by Gasteiger charge is -2.36. The number of halogens is 4. The van der Waals surface area contributed by atoms with Gasteiger partial charge in [0.2, 0.25) is 5.91 Å². The second-order valence-corrected chi connectivity index (χ2v) is 5.89. The molecule has 0 bridgehead atoms. The minimum atomic E-state index is -4.40. The minimum absolute atomic E-state index is 0.487. The summed E-state index contributed by atoms with van der Waals surface area (Å²) in [5, 5.41) is 2.53. The Kier molecular flexibility index (Phi) is 4.81. The molecular formula is C15H17ClF3NO. The Labute approximate surface area is 126 Å². The van der Waals surface area contributed by atoms with Gasteiger partial charge in [0.1, 0.15) is 6.54 Å². The fraction of sp³-hybridized carbons (Fsp3) is 0.533. The molecule has 0 radical (unpaired) electrons. The van der Waals surface area contributed by atoms with Crippen molar-refractivity contribution in [2.24, 2.45) is 0 Å². The molecule has 1 saturated carbocycles. The van der Waals surface area contributed by atoms with Crippen molar-refractivity contribution in [2.75, 3.05) is 6.54 Å². The zero-order valence-corrected chi connectivity index (χ0v) is 12.2. The predicted octanol–water partition coefficient (Wildman–Crippen LogP) is 4.22. The first-order valence-electron chi connectivity index (χ1n) is 6.95. The number of carbonyl (C=O) groups is 1. The van der Waals surface area contributed by atoms with Crippen LogP contribution in [0.3, 0.4) is 0 Å². The van der Waals surface area contributed by atoms with Crippen LogP contribution in [0.1, 0.15) is 37.7 Å². The third kappa shape index (κ3) is 3.90. The SMILES string of the molecule is O=C(NCC(F)(F)F)C1(c2cccc(Cl)c2)CCCCC1. The predicted molar refractivity (Wildman–Crippen MR) is 75.3 cm³/mol. The molecule has 1 aliphatic carbocycles. The fourth-order valence-corrected chi connectivity index (χ4v) is 3.13. The summed E-state index contributed by atoms with van der Waals surface area (Å²) >= 11 is 5.97. The quantitative estimate of drug-likeness (QED) is 0.888. The highest BCUT2D eigenvalue weighted by Gasteiger charge is 2.42. The summed E-state index contributed by atoms with van der Waals surface area (Å²) in [7, 11) is 0. The summed E-state index contributed by atoms with van der Waals surface area (Å²) in [6, 6.07) is 6.87. The molecule has 1 aromatic carbocycles. The van der Waals surface area contributed by atoms with Crippen LogP contribution in [0.15, 0.2) is 24.3 Å². The van der Waals surface area contributed by atoms with Crippen LogP contribution in [0.25, 0.3) is 0 Å². The maximum absolute atomic E-state index is 12.4. The maximum Gasteiger partial charge on any atom is 0.405 e. The Morgan fingerprint density at radius 2 is 1.90 bits per heavy atom. The second kappa shape index (κ2) is 6.26. The molecule has 0 atom stereocenters. The Hall–Kier alpha value is -1.23. The molecular weight excluding hydrogens is 303 g/mol. The number of hydrogen-bond donors (Lipinski definition) is 1. The van der Waals surface area contributed by atoms with Gasteiger partial charge in [0.05, 0.1) is 5.41 Å². The molecule has 116 valence electrons. The number of carbonyl (C=O) groups excluding carboxylic acids is 1. The first kappa shape index (κ1) is 16.1. The van der Waals surface area contributed by atoms with Gasteiger partial charge in [-0.25, -0.2) is 0 Å². The normalized spacial score (nSPS) is 18.3. The van der Waals surface area contributed by atoms with Gasteiger partial charge in [0, 0.05) is 5.02 Å². The van der Waals surface area contributed by atoms with Crippen molar-refractivity contribution in [3.8, 4) is 0 Å². The molecule has 1 N–H and O–H groups in total. The molecule has 0 aliphatic heterocycles. The van der Waals surface area contributed by atoms with Crippen molar-refractivity contribution in [3.63, 3.8) is 0 Å². The van der Waals surface area contributed by atoms with E-state index >= 15 is 0 Å². The van der Waals surface area contributed by atoms with E-state index in [-0.39, 0.29) is 0 Å². The lowest BCUT2D eigenvalue weighted by Crippen LogP contribution is -2.48. The zero-order valence-electron chi connectivity index (χ0n) is 11.5. The van der Waals surface area contributed by atoms with E-state index in [4.69, 9.17) is 11.6 Å². The Morgan fingerprint density at radius 3 is 2.48 bits per heavy atom. The van der Waals surface area contributed by atoms with E-state index in [1.807, 2.05) is 5.32 Å². The van der Waals surface area contributed by atoms with E-state index in [0.29, 0.717) is 23.4 Å². The Bertz CT molecular complexity index is 510. The van der Waals surface area contributed by atoms with Gasteiger partial charge >= 0.3 is 6.18 Å². The van der Waals surface area contributed by atoms with Crippen molar-refractivity contribution in [3.05, 3.63) is 34.9 Å². The maximum atomic E-state index is 12.4. The van der Waals surface area contributed by atoms with Gasteiger partial charge in [-0.3, -0.25) is 4.79 Å². The van der Waals surface area contributed by atoms with Crippen LogP contribution in [0.4, 0.5) is 13.2 Å². The van der Waals surface area contributed by atoms with Gasteiger partial charge in [-0.15, -0.1) is 0 Å². The van der Waals surface area contributed by atoms with Crippen molar-refractivity contribution >= 4 is 17.5 Å². The molecule has 0 spiro atoms. The third-order valence-electron chi connectivity index (χ3n) is 3.97. The number of amides is 1. The number of rotatable bonds is 3. The average molecular weight is 320 g/mol. The molecule has 21 heavy (non-hydrogen) atoms. The van der Waals surface area contributed by atoms with Gasteiger partial charge in [0.25, 0.3) is 0 Å². The van der Waals surface area contributed by atoms with Crippen molar-refractivity contribution in [1.82, 2.24) is 5.32 Å². The Morgan fingerprint density at radius 1 is 1.24 bits per heavy atom. The lowest BCUT2D eigenvalue weighted by atomic mass is 9.68. The fourth-order valence-electron chi connectivity index (χ4n) is 2.94. The average Bonchev–Trinajstić information content (AvgIpc) is 2.44. The highest BCUT2D eigenvalue weighted by Crippen LogP contribution is 2.40. The van der Waals surface area contributed by atoms with E-state index in [2.05, 4.69) is 0 Å². The molecule has 0 unspecified atom stereocenters. The standard InChI is InChI=1S/C15H17ClF3NO/c16-12-6-4-5-11(9-12)14(7-2-1-3-8-14)13(21)20-10-15(17,18)19/h4-6,9H,1-3,7-8,10H2,(H,20,21). The van der Waals surface area contributed by atoms with Crippen LogP contribution in [-0.4, -0.2) is 18.6 Å². The van der Waals surface area contributed by atoms with E-state index in [9.17, 15) is 18.0 Å². The molecule has 2 rings (SSSR count). The third-order valence-corrected chi connectivity index (χ3v) is 4.20. The van der Waals surface area contributed by atoms with Crippen LogP contribution in [0.2, 0.25) is 5.02 Å². The van der Waals surface area contributed by atoms with Crippen LogP contribution < -0.4 is 5.32 Å². The van der Waals surface area contributed by atoms with E-state index in [1.165, 1.54) is 0 Å². The summed E-state index contributed by atoms with van der Waals surface area (Å²) in [4.78, 5) is 12.4. The first-order valence-corrected chi connectivity index (χ1v) is 7.32. The summed E-state index contributed by atoms with van der Waals surface area (Å²) in [6.07, 6.45) is -0.652. The summed E-state index contributed by atoms with van der Waals surface area (Å²) in [5.41, 5.74) is -0.191. The molecule has 1 aliphatic rings. The summed E-state index contributed by atoms with van der Waals surface area (Å²) in [5.74, 6) is -0.554. The van der Waals surface area contributed by atoms with Gasteiger partial charge < -0.3 is 5.32 Å². The molecule has 1 amide bonds. The summed E-state index contributed by atoms with van der Waals surface area (Å²) < 4.78 is 37.0. The van der Waals surface area contributed by atoms with Crippen molar-refractivity contribution < 1.29 is 18.0 Å². The topological polar surface area (TPSA) is 29.1 Å². The van der Waals surface area contributed by atoms with Crippen LogP contribution in [0.5, 0.6) is 0 Å². The molecule has 6 heteroatoms. The number of hydrogen-bond acceptors (Lipinski definition) is 1. The van der Waals surface area contributed by atoms with Crippen LogP contribution in [0, 0.1) is 0 Å². The van der Waals surface area contributed by atoms with Gasteiger partial charge in [-0.1, -0.05) is 43.0 Å². The van der Waals surface area contributed by atoms with Gasteiger partial charge in [-0.2, -0.15) is 13.2 Å². The van der Waals surface area contributed by atoms with Gasteiger partial charge in [0.15, 0.2) is 0 Å². The van der Waals surface area contributed by atoms with Crippen molar-refractivity contribution in [1.29, 1.82) is 0 Å². The Balaban J connectivity index is 2.27. The molecule has 2 nitrogen and oxygen atoms in total. The van der Waals surface area contributed by atoms with E-state index in [1.54, 1.807) is 24.3 Å². The lowest BCUT2D eigenvalue weighted by molar-refractivity contribution is -0.142. The smallest absolute Gasteiger partial charge is 0.346 e. The van der Waals surface area contributed by atoms with Crippen molar-refractivity contribution in [2.45, 2.75) is 43.7 Å². The second-order valence-electron chi connectivity index (χ2n) is 5.45. The molecule has 0 aromatic heterocycles. The van der Waals surface area contributed by atoms with Gasteiger partial charge in [-0.05, 0) is 30.5 Å². The van der Waals surface area contributed by atoms with Crippen LogP contribution in [-0.2, 0) is 10.2 Å². The number of nitrogens with one attached hydrogen (secondary N) is 1. The largest absolute Gasteiger partial charge is 0.405 e.